The summed E-state index contributed by atoms with van der Waals surface area (Å²) in [5.74, 6) is 0.919. The van der Waals surface area contributed by atoms with Gasteiger partial charge in [-0.05, 0) is 36.4 Å². The fourth-order valence-corrected chi connectivity index (χ4v) is 3.07. The van der Waals surface area contributed by atoms with Crippen LogP contribution in [-0.4, -0.2) is 5.91 Å². The SMILES string of the molecule is O=C(Nc1ccc(Cl)cc1)C1c2ccccc2Oc2ccccc21. The van der Waals surface area contributed by atoms with Gasteiger partial charge >= 0.3 is 0 Å². The lowest BCUT2D eigenvalue weighted by Gasteiger charge is -2.27. The molecule has 0 unspecified atom stereocenters. The van der Waals surface area contributed by atoms with Gasteiger partial charge in [-0.2, -0.15) is 0 Å². The van der Waals surface area contributed by atoms with Gasteiger partial charge in [-0.15, -0.1) is 0 Å². The molecule has 4 heteroatoms. The van der Waals surface area contributed by atoms with Crippen LogP contribution in [0.3, 0.4) is 0 Å². The van der Waals surface area contributed by atoms with Crippen molar-refractivity contribution >= 4 is 23.2 Å². The van der Waals surface area contributed by atoms with Crippen LogP contribution in [0.25, 0.3) is 0 Å². The number of halogens is 1. The number of carbonyl (C=O) groups excluding carboxylic acids is 1. The summed E-state index contributed by atoms with van der Waals surface area (Å²) < 4.78 is 5.93. The molecule has 4 rings (SSSR count). The molecule has 3 nitrogen and oxygen atoms in total. The van der Waals surface area contributed by atoms with Gasteiger partial charge < -0.3 is 10.1 Å². The highest BCUT2D eigenvalue weighted by Crippen LogP contribution is 2.44. The molecule has 0 saturated heterocycles. The van der Waals surface area contributed by atoms with Crippen molar-refractivity contribution in [2.24, 2.45) is 0 Å². The van der Waals surface area contributed by atoms with Gasteiger partial charge in [0.25, 0.3) is 0 Å². The summed E-state index contributed by atoms with van der Waals surface area (Å²) in [4.78, 5) is 13.0. The van der Waals surface area contributed by atoms with E-state index in [0.29, 0.717) is 22.2 Å². The summed E-state index contributed by atoms with van der Waals surface area (Å²) >= 11 is 5.90. The Hall–Kier alpha value is -2.78. The van der Waals surface area contributed by atoms with Crippen LogP contribution in [0, 0.1) is 0 Å². The normalized spacial score (nSPS) is 12.7. The first-order valence-electron chi connectivity index (χ1n) is 7.64. The number of ether oxygens (including phenoxy) is 1. The molecule has 1 N–H and O–H groups in total. The zero-order valence-corrected chi connectivity index (χ0v) is 13.5. The summed E-state index contributed by atoms with van der Waals surface area (Å²) in [5, 5.41) is 3.60. The Balaban J connectivity index is 1.74. The lowest BCUT2D eigenvalue weighted by atomic mass is 9.87. The Labute approximate surface area is 144 Å². The molecular weight excluding hydrogens is 322 g/mol. The molecule has 3 aromatic carbocycles. The van der Waals surface area contributed by atoms with E-state index in [1.807, 2.05) is 48.5 Å². The maximum atomic E-state index is 13.0. The topological polar surface area (TPSA) is 38.3 Å². The molecule has 0 radical (unpaired) electrons. The molecule has 0 aliphatic carbocycles. The molecule has 3 aromatic rings. The quantitative estimate of drug-likeness (QED) is 0.697. The Morgan fingerprint density at radius 2 is 1.38 bits per heavy atom. The standard InChI is InChI=1S/C20H14ClNO2/c21-13-9-11-14(12-10-13)22-20(23)19-15-5-1-3-7-17(15)24-18-8-4-2-6-16(18)19/h1-12,19H,(H,22,23). The van der Waals surface area contributed by atoms with E-state index < -0.39 is 5.92 Å². The van der Waals surface area contributed by atoms with Crippen LogP contribution in [0.2, 0.25) is 5.02 Å². The van der Waals surface area contributed by atoms with Crippen molar-refractivity contribution in [3.63, 3.8) is 0 Å². The molecule has 0 bridgehead atoms. The minimum atomic E-state index is -0.415. The third-order valence-electron chi connectivity index (χ3n) is 4.05. The van der Waals surface area contributed by atoms with Gasteiger partial charge in [0.05, 0.1) is 5.92 Å². The van der Waals surface area contributed by atoms with Gasteiger partial charge in [-0.25, -0.2) is 0 Å². The van der Waals surface area contributed by atoms with Crippen LogP contribution in [-0.2, 0) is 4.79 Å². The second-order valence-corrected chi connectivity index (χ2v) is 6.04. The molecule has 0 fully saturated rings. The zero-order chi connectivity index (χ0) is 16.5. The lowest BCUT2D eigenvalue weighted by Crippen LogP contribution is -2.25. The fourth-order valence-electron chi connectivity index (χ4n) is 2.94. The van der Waals surface area contributed by atoms with E-state index in [-0.39, 0.29) is 5.91 Å². The van der Waals surface area contributed by atoms with Gasteiger partial charge in [0.1, 0.15) is 11.5 Å². The van der Waals surface area contributed by atoms with E-state index in [2.05, 4.69) is 5.32 Å². The monoisotopic (exact) mass is 335 g/mol. The molecule has 1 amide bonds. The van der Waals surface area contributed by atoms with Crippen molar-refractivity contribution in [1.29, 1.82) is 0 Å². The Morgan fingerprint density at radius 1 is 0.833 bits per heavy atom. The van der Waals surface area contributed by atoms with Crippen molar-refractivity contribution in [3.05, 3.63) is 88.9 Å². The molecule has 1 heterocycles. The average molecular weight is 336 g/mol. The van der Waals surface area contributed by atoms with Crippen molar-refractivity contribution in [3.8, 4) is 11.5 Å². The molecule has 1 aliphatic rings. The van der Waals surface area contributed by atoms with Crippen molar-refractivity contribution in [1.82, 2.24) is 0 Å². The predicted octanol–water partition coefficient (Wildman–Crippen LogP) is 5.22. The number of fused-ring (bicyclic) bond motifs is 2. The number of hydrogen-bond acceptors (Lipinski definition) is 2. The number of nitrogens with one attached hydrogen (secondary N) is 1. The first kappa shape index (κ1) is 14.8. The predicted molar refractivity (Wildman–Crippen MR) is 94.9 cm³/mol. The van der Waals surface area contributed by atoms with Crippen LogP contribution >= 0.6 is 11.6 Å². The Kier molecular flexibility index (Phi) is 3.71. The molecule has 1 aliphatic heterocycles. The minimum absolute atomic E-state index is 0.0967. The van der Waals surface area contributed by atoms with Crippen LogP contribution in [0.1, 0.15) is 17.0 Å². The second-order valence-electron chi connectivity index (χ2n) is 5.61. The number of benzene rings is 3. The zero-order valence-electron chi connectivity index (χ0n) is 12.7. The number of anilines is 1. The molecule has 0 saturated carbocycles. The second kappa shape index (κ2) is 6.02. The van der Waals surface area contributed by atoms with E-state index in [0.717, 1.165) is 11.1 Å². The van der Waals surface area contributed by atoms with Gasteiger partial charge in [0.2, 0.25) is 5.91 Å². The van der Waals surface area contributed by atoms with Crippen molar-refractivity contribution < 1.29 is 9.53 Å². The molecule has 0 atom stereocenters. The molecule has 0 aromatic heterocycles. The summed E-state index contributed by atoms with van der Waals surface area (Å²) in [6.45, 7) is 0. The van der Waals surface area contributed by atoms with Gasteiger partial charge in [0, 0.05) is 21.8 Å². The lowest BCUT2D eigenvalue weighted by molar-refractivity contribution is -0.116. The highest BCUT2D eigenvalue weighted by molar-refractivity contribution is 6.30. The van der Waals surface area contributed by atoms with E-state index >= 15 is 0 Å². The van der Waals surface area contributed by atoms with Gasteiger partial charge in [0.15, 0.2) is 0 Å². The number of rotatable bonds is 2. The van der Waals surface area contributed by atoms with Crippen molar-refractivity contribution in [2.75, 3.05) is 5.32 Å². The maximum Gasteiger partial charge on any atom is 0.236 e. The number of hydrogen-bond donors (Lipinski definition) is 1. The van der Waals surface area contributed by atoms with E-state index in [4.69, 9.17) is 16.3 Å². The third kappa shape index (κ3) is 2.63. The summed E-state index contributed by atoms with van der Waals surface area (Å²) in [6, 6.07) is 22.3. The highest BCUT2D eigenvalue weighted by Gasteiger charge is 2.32. The Bertz CT molecular complexity index is 860. The first-order valence-corrected chi connectivity index (χ1v) is 8.02. The van der Waals surface area contributed by atoms with Crippen LogP contribution < -0.4 is 10.1 Å². The van der Waals surface area contributed by atoms with Crippen molar-refractivity contribution in [2.45, 2.75) is 5.92 Å². The van der Waals surface area contributed by atoms with E-state index in [9.17, 15) is 4.79 Å². The van der Waals surface area contributed by atoms with Crippen LogP contribution in [0.4, 0.5) is 5.69 Å². The van der Waals surface area contributed by atoms with Gasteiger partial charge in [-0.3, -0.25) is 4.79 Å². The summed E-state index contributed by atoms with van der Waals surface area (Å²) in [6.07, 6.45) is 0. The van der Waals surface area contributed by atoms with Crippen LogP contribution in [0.15, 0.2) is 72.8 Å². The van der Waals surface area contributed by atoms with Gasteiger partial charge in [-0.1, -0.05) is 48.0 Å². The highest BCUT2D eigenvalue weighted by atomic mass is 35.5. The fraction of sp³-hybridized carbons (Fsp3) is 0.0500. The minimum Gasteiger partial charge on any atom is -0.457 e. The number of carbonyl (C=O) groups is 1. The maximum absolute atomic E-state index is 13.0. The van der Waals surface area contributed by atoms with E-state index in [1.165, 1.54) is 0 Å². The third-order valence-corrected chi connectivity index (χ3v) is 4.31. The molecule has 24 heavy (non-hydrogen) atoms. The first-order chi connectivity index (χ1) is 11.7. The molecule has 118 valence electrons. The van der Waals surface area contributed by atoms with E-state index in [1.54, 1.807) is 24.3 Å². The summed E-state index contributed by atoms with van der Waals surface area (Å²) in [7, 11) is 0. The molecule has 0 spiro atoms. The Morgan fingerprint density at radius 3 is 1.96 bits per heavy atom. The smallest absolute Gasteiger partial charge is 0.236 e. The summed E-state index contributed by atoms with van der Waals surface area (Å²) in [5.41, 5.74) is 2.44. The number of para-hydroxylation sites is 2. The average Bonchev–Trinajstić information content (AvgIpc) is 2.61. The van der Waals surface area contributed by atoms with Crippen LogP contribution in [0.5, 0.6) is 11.5 Å². The number of amides is 1. The molecular formula is C20H14ClNO2. The largest absolute Gasteiger partial charge is 0.457 e.